The maximum Gasteiger partial charge on any atom is 0.387 e. The molecular weight excluding hydrogens is 388 g/mol. The summed E-state index contributed by atoms with van der Waals surface area (Å²) in [6.07, 6.45) is 0.158. The van der Waals surface area contributed by atoms with Crippen LogP contribution < -0.4 is 10.1 Å². The Balaban J connectivity index is 1.79. The van der Waals surface area contributed by atoms with Gasteiger partial charge < -0.3 is 10.1 Å². The minimum absolute atomic E-state index is 0.00878. The van der Waals surface area contributed by atoms with Crippen molar-refractivity contribution < 1.29 is 27.9 Å². The number of Topliss-reactive ketones (excluding diaryl/α,β-unsaturated/α-hetero) is 2. The Morgan fingerprint density at radius 1 is 1.04 bits per heavy atom. The number of ketones is 2. The molecule has 0 aliphatic carbocycles. The van der Waals surface area contributed by atoms with E-state index in [0.717, 1.165) is 4.88 Å². The van der Waals surface area contributed by atoms with E-state index >= 15 is 0 Å². The SMILES string of the molecule is Cc1ccc(C(=O)CCC(=O)CCC(=O)Nc2cccc(OC(F)F)c2C)s1. The molecule has 1 aromatic heterocycles. The van der Waals surface area contributed by atoms with Crippen LogP contribution in [-0.4, -0.2) is 24.1 Å². The van der Waals surface area contributed by atoms with E-state index in [-0.39, 0.29) is 43.0 Å². The molecule has 0 atom stereocenters. The number of nitrogens with one attached hydrogen (secondary N) is 1. The van der Waals surface area contributed by atoms with E-state index in [2.05, 4.69) is 10.1 Å². The summed E-state index contributed by atoms with van der Waals surface area (Å²) in [4.78, 5) is 37.7. The molecule has 0 spiro atoms. The third-order valence-corrected chi connectivity index (χ3v) is 5.09. The Morgan fingerprint density at radius 3 is 2.39 bits per heavy atom. The van der Waals surface area contributed by atoms with Crippen LogP contribution in [0.5, 0.6) is 5.75 Å². The van der Waals surface area contributed by atoms with E-state index in [4.69, 9.17) is 0 Å². The average molecular weight is 409 g/mol. The van der Waals surface area contributed by atoms with Crippen molar-refractivity contribution in [2.75, 3.05) is 5.32 Å². The van der Waals surface area contributed by atoms with Gasteiger partial charge >= 0.3 is 6.61 Å². The summed E-state index contributed by atoms with van der Waals surface area (Å²) in [5.74, 6) is -0.692. The van der Waals surface area contributed by atoms with Crippen molar-refractivity contribution in [3.8, 4) is 5.75 Å². The van der Waals surface area contributed by atoms with Gasteiger partial charge in [-0.1, -0.05) is 6.07 Å². The number of rotatable bonds is 10. The number of carbonyl (C=O) groups excluding carboxylic acids is 3. The highest BCUT2D eigenvalue weighted by atomic mass is 32.1. The minimum atomic E-state index is -2.96. The third kappa shape index (κ3) is 6.53. The molecule has 8 heteroatoms. The van der Waals surface area contributed by atoms with Gasteiger partial charge in [0.25, 0.3) is 0 Å². The van der Waals surface area contributed by atoms with Crippen LogP contribution in [-0.2, 0) is 9.59 Å². The molecule has 0 radical (unpaired) electrons. The highest BCUT2D eigenvalue weighted by Gasteiger charge is 2.14. The number of benzene rings is 1. The van der Waals surface area contributed by atoms with Crippen LogP contribution in [0.15, 0.2) is 30.3 Å². The molecule has 28 heavy (non-hydrogen) atoms. The quantitative estimate of drug-likeness (QED) is 0.566. The van der Waals surface area contributed by atoms with E-state index in [1.807, 2.05) is 13.0 Å². The summed E-state index contributed by atoms with van der Waals surface area (Å²) in [7, 11) is 0. The van der Waals surface area contributed by atoms with Crippen LogP contribution in [0.4, 0.5) is 14.5 Å². The highest BCUT2D eigenvalue weighted by molar-refractivity contribution is 7.14. The Morgan fingerprint density at radius 2 is 1.75 bits per heavy atom. The van der Waals surface area contributed by atoms with Crippen LogP contribution in [0.1, 0.15) is 45.8 Å². The second-order valence-corrected chi connectivity index (χ2v) is 7.52. The lowest BCUT2D eigenvalue weighted by atomic mass is 10.1. The molecule has 0 saturated heterocycles. The molecule has 1 N–H and O–H groups in total. The summed E-state index contributed by atoms with van der Waals surface area (Å²) in [5.41, 5.74) is 0.721. The lowest BCUT2D eigenvalue weighted by Gasteiger charge is -2.12. The number of thiophene rings is 1. The lowest BCUT2D eigenvalue weighted by Crippen LogP contribution is -2.15. The first kappa shape index (κ1) is 21.7. The molecular formula is C20H21F2NO4S. The fourth-order valence-electron chi connectivity index (χ4n) is 2.52. The largest absolute Gasteiger partial charge is 0.434 e. The maximum absolute atomic E-state index is 12.4. The number of carbonyl (C=O) groups is 3. The maximum atomic E-state index is 12.4. The summed E-state index contributed by atoms with van der Waals surface area (Å²) < 4.78 is 29.1. The molecule has 0 fully saturated rings. The van der Waals surface area contributed by atoms with Crippen LogP contribution >= 0.6 is 11.3 Å². The fraction of sp³-hybridized carbons (Fsp3) is 0.350. The molecule has 0 aliphatic rings. The van der Waals surface area contributed by atoms with Crippen molar-refractivity contribution in [1.29, 1.82) is 0 Å². The zero-order valence-corrected chi connectivity index (χ0v) is 16.4. The van der Waals surface area contributed by atoms with Crippen LogP contribution in [0.2, 0.25) is 0 Å². The van der Waals surface area contributed by atoms with Gasteiger partial charge in [-0.15, -0.1) is 11.3 Å². The van der Waals surface area contributed by atoms with Gasteiger partial charge in [-0.3, -0.25) is 14.4 Å². The van der Waals surface area contributed by atoms with Crippen molar-refractivity contribution in [2.24, 2.45) is 0 Å². The van der Waals surface area contributed by atoms with E-state index in [0.29, 0.717) is 16.1 Å². The molecule has 150 valence electrons. The van der Waals surface area contributed by atoms with Gasteiger partial charge in [0.05, 0.1) is 4.88 Å². The number of anilines is 1. The van der Waals surface area contributed by atoms with Gasteiger partial charge in [-0.2, -0.15) is 8.78 Å². The first-order chi connectivity index (χ1) is 13.3. The number of alkyl halides is 2. The molecule has 1 heterocycles. The summed E-state index contributed by atoms with van der Waals surface area (Å²) >= 11 is 1.39. The topological polar surface area (TPSA) is 72.5 Å². The van der Waals surface area contributed by atoms with E-state index < -0.39 is 12.5 Å². The van der Waals surface area contributed by atoms with Gasteiger partial charge in [0.2, 0.25) is 5.91 Å². The minimum Gasteiger partial charge on any atom is -0.434 e. The second kappa shape index (κ2) is 10.1. The molecule has 5 nitrogen and oxygen atoms in total. The Labute approximate surface area is 165 Å². The smallest absolute Gasteiger partial charge is 0.387 e. The first-order valence-electron chi connectivity index (χ1n) is 8.72. The zero-order valence-electron chi connectivity index (χ0n) is 15.6. The molecule has 0 bridgehead atoms. The molecule has 0 unspecified atom stereocenters. The summed E-state index contributed by atoms with van der Waals surface area (Å²) in [5, 5.41) is 2.59. The van der Waals surface area contributed by atoms with Crippen molar-refractivity contribution in [3.05, 3.63) is 45.6 Å². The zero-order chi connectivity index (χ0) is 20.7. The van der Waals surface area contributed by atoms with Crippen LogP contribution in [0.25, 0.3) is 0 Å². The molecule has 0 saturated carbocycles. The Kier molecular flexibility index (Phi) is 7.80. The highest BCUT2D eigenvalue weighted by Crippen LogP contribution is 2.27. The van der Waals surface area contributed by atoms with Crippen molar-refractivity contribution in [1.82, 2.24) is 0 Å². The monoisotopic (exact) mass is 409 g/mol. The number of aryl methyl sites for hydroxylation is 1. The van der Waals surface area contributed by atoms with E-state index in [9.17, 15) is 23.2 Å². The first-order valence-corrected chi connectivity index (χ1v) is 9.53. The number of ether oxygens (including phenoxy) is 1. The Hall–Kier alpha value is -2.61. The van der Waals surface area contributed by atoms with Gasteiger partial charge in [0.1, 0.15) is 11.5 Å². The standard InChI is InChI=1S/C20H21F2NO4S/c1-12-6-10-18(28-12)16(25)9-7-14(24)8-11-19(26)23-15-4-3-5-17(13(15)2)27-20(21)22/h3-6,10,20H,7-9,11H2,1-2H3,(H,23,26). The predicted molar refractivity (Wildman–Crippen MR) is 103 cm³/mol. The van der Waals surface area contributed by atoms with Gasteiger partial charge in [-0.05, 0) is 38.1 Å². The normalized spacial score (nSPS) is 10.8. The fourth-order valence-corrected chi connectivity index (χ4v) is 3.36. The van der Waals surface area contributed by atoms with Crippen molar-refractivity contribution in [2.45, 2.75) is 46.1 Å². The lowest BCUT2D eigenvalue weighted by molar-refractivity contribution is -0.122. The molecule has 2 rings (SSSR count). The average Bonchev–Trinajstić information content (AvgIpc) is 3.07. The van der Waals surface area contributed by atoms with E-state index in [1.54, 1.807) is 19.1 Å². The third-order valence-electron chi connectivity index (χ3n) is 4.05. The van der Waals surface area contributed by atoms with Gasteiger partial charge in [0, 0.05) is 41.8 Å². The Bertz CT molecular complexity index is 864. The second-order valence-electron chi connectivity index (χ2n) is 6.23. The van der Waals surface area contributed by atoms with E-state index in [1.165, 1.54) is 23.5 Å². The molecule has 1 amide bonds. The van der Waals surface area contributed by atoms with Gasteiger partial charge in [0.15, 0.2) is 5.78 Å². The van der Waals surface area contributed by atoms with Gasteiger partial charge in [-0.25, -0.2) is 0 Å². The number of hydrogen-bond donors (Lipinski definition) is 1. The van der Waals surface area contributed by atoms with Crippen molar-refractivity contribution >= 4 is 34.5 Å². The molecule has 1 aromatic carbocycles. The molecule has 0 aliphatic heterocycles. The predicted octanol–water partition coefficient (Wildman–Crippen LogP) is 4.92. The van der Waals surface area contributed by atoms with Crippen LogP contribution in [0, 0.1) is 13.8 Å². The summed E-state index contributed by atoms with van der Waals surface area (Å²) in [6, 6.07) is 8.03. The van der Waals surface area contributed by atoms with Crippen molar-refractivity contribution in [3.63, 3.8) is 0 Å². The van der Waals surface area contributed by atoms with Crippen LogP contribution in [0.3, 0.4) is 0 Å². The summed E-state index contributed by atoms with van der Waals surface area (Å²) in [6.45, 7) is 0.501. The number of halogens is 2. The number of hydrogen-bond acceptors (Lipinski definition) is 5. The number of amides is 1. The molecule has 2 aromatic rings.